The number of halogens is 2. The topological polar surface area (TPSA) is 57.6 Å². The van der Waals surface area contributed by atoms with Crippen molar-refractivity contribution in [2.24, 2.45) is 0 Å². The molecule has 1 N–H and O–H groups in total. The highest BCUT2D eigenvalue weighted by atomic mass is 127. The number of benzene rings is 1. The molecule has 0 aromatic heterocycles. The number of carbonyl (C=O) groups excluding carboxylic acids is 1. The smallest absolute Gasteiger partial charge is 0.326 e. The Bertz CT molecular complexity index is 478. The highest BCUT2D eigenvalue weighted by Crippen LogP contribution is 2.17. The maximum atomic E-state index is 12.9. The second kappa shape index (κ2) is 6.12. The summed E-state index contributed by atoms with van der Waals surface area (Å²) in [4.78, 5) is 24.3. The van der Waals surface area contributed by atoms with Gasteiger partial charge in [0.05, 0.1) is 5.56 Å². The lowest BCUT2D eigenvalue weighted by Gasteiger charge is -2.24. The van der Waals surface area contributed by atoms with Gasteiger partial charge in [-0.2, -0.15) is 0 Å². The minimum atomic E-state index is -1.05. The molecule has 0 aliphatic carbocycles. The first kappa shape index (κ1) is 14.9. The van der Waals surface area contributed by atoms with E-state index in [0.29, 0.717) is 15.6 Å². The van der Waals surface area contributed by atoms with Crippen molar-refractivity contribution in [3.8, 4) is 0 Å². The Morgan fingerprint density at radius 2 is 2.11 bits per heavy atom. The minimum Gasteiger partial charge on any atom is -0.480 e. The van der Waals surface area contributed by atoms with Crippen molar-refractivity contribution in [2.75, 3.05) is 7.05 Å². The number of hydrogen-bond acceptors (Lipinski definition) is 2. The number of carboxylic acid groups (broad SMARTS) is 1. The Morgan fingerprint density at radius 1 is 1.50 bits per heavy atom. The van der Waals surface area contributed by atoms with Crippen molar-refractivity contribution >= 4 is 34.5 Å². The van der Waals surface area contributed by atoms with E-state index in [2.05, 4.69) is 0 Å². The second-order valence-electron chi connectivity index (χ2n) is 3.80. The molecule has 0 radical (unpaired) electrons. The zero-order valence-corrected chi connectivity index (χ0v) is 12.1. The van der Waals surface area contributed by atoms with Crippen LogP contribution in [0.25, 0.3) is 0 Å². The number of likely N-dealkylation sites (N-methyl/N-ethyl adjacent to an activating group) is 1. The Balaban J connectivity index is 3.02. The summed E-state index contributed by atoms with van der Waals surface area (Å²) < 4.78 is 13.4. The van der Waals surface area contributed by atoms with E-state index in [4.69, 9.17) is 5.11 Å². The first-order valence-electron chi connectivity index (χ1n) is 5.33. The lowest BCUT2D eigenvalue weighted by molar-refractivity contribution is -0.142. The predicted molar refractivity (Wildman–Crippen MR) is 72.9 cm³/mol. The summed E-state index contributed by atoms with van der Waals surface area (Å²) in [5, 5.41) is 9.00. The van der Waals surface area contributed by atoms with Crippen LogP contribution in [0.1, 0.15) is 23.7 Å². The molecule has 0 aliphatic rings. The van der Waals surface area contributed by atoms with Crippen LogP contribution >= 0.6 is 22.6 Å². The monoisotopic (exact) mass is 365 g/mol. The van der Waals surface area contributed by atoms with Crippen LogP contribution in [0.15, 0.2) is 18.2 Å². The van der Waals surface area contributed by atoms with E-state index in [0.717, 1.165) is 4.90 Å². The first-order chi connectivity index (χ1) is 8.38. The van der Waals surface area contributed by atoms with Crippen LogP contribution in [0.2, 0.25) is 0 Å². The molecule has 1 unspecified atom stereocenters. The Hall–Kier alpha value is -1.18. The molecule has 0 fully saturated rings. The van der Waals surface area contributed by atoms with E-state index < -0.39 is 23.7 Å². The van der Waals surface area contributed by atoms with Gasteiger partial charge < -0.3 is 10.0 Å². The molecule has 98 valence electrons. The summed E-state index contributed by atoms with van der Waals surface area (Å²) in [6.07, 6.45) is 0.315. The van der Waals surface area contributed by atoms with E-state index in [1.54, 1.807) is 6.92 Å². The third kappa shape index (κ3) is 3.18. The molecule has 1 rings (SSSR count). The standard InChI is InChI=1S/C12H13FINO3/c1-3-10(12(17)18)15(2)11(16)8-5-4-7(13)6-9(8)14/h4-6,10H,3H2,1-2H3,(H,17,18). The van der Waals surface area contributed by atoms with Gasteiger partial charge in [0.25, 0.3) is 5.91 Å². The van der Waals surface area contributed by atoms with E-state index in [1.807, 2.05) is 22.6 Å². The zero-order valence-electron chi connectivity index (χ0n) is 9.98. The van der Waals surface area contributed by atoms with Crippen molar-refractivity contribution < 1.29 is 19.1 Å². The maximum absolute atomic E-state index is 12.9. The molecular formula is C12H13FINO3. The average Bonchev–Trinajstić information content (AvgIpc) is 2.28. The Labute approximate surface area is 118 Å². The molecule has 0 aliphatic heterocycles. The van der Waals surface area contributed by atoms with Gasteiger partial charge in [-0.25, -0.2) is 9.18 Å². The van der Waals surface area contributed by atoms with Gasteiger partial charge in [-0.3, -0.25) is 4.79 Å². The highest BCUT2D eigenvalue weighted by molar-refractivity contribution is 14.1. The molecule has 0 saturated carbocycles. The van der Waals surface area contributed by atoms with Crippen LogP contribution in [0.3, 0.4) is 0 Å². The fraction of sp³-hybridized carbons (Fsp3) is 0.333. The van der Waals surface area contributed by atoms with E-state index in [-0.39, 0.29) is 0 Å². The molecular weight excluding hydrogens is 352 g/mol. The fourth-order valence-electron chi connectivity index (χ4n) is 1.61. The van der Waals surface area contributed by atoms with Gasteiger partial charge in [0.1, 0.15) is 11.9 Å². The summed E-state index contributed by atoms with van der Waals surface area (Å²) in [5.41, 5.74) is 0.305. The largest absolute Gasteiger partial charge is 0.480 e. The molecule has 1 atom stereocenters. The number of aliphatic carboxylic acids is 1. The van der Waals surface area contributed by atoms with Gasteiger partial charge in [0.15, 0.2) is 0 Å². The molecule has 0 saturated heterocycles. The summed E-state index contributed by atoms with van der Waals surface area (Å²) in [7, 11) is 1.43. The van der Waals surface area contributed by atoms with Gasteiger partial charge in [-0.15, -0.1) is 0 Å². The maximum Gasteiger partial charge on any atom is 0.326 e. The van der Waals surface area contributed by atoms with Crippen molar-refractivity contribution in [3.05, 3.63) is 33.1 Å². The van der Waals surface area contributed by atoms with Crippen LogP contribution in [-0.2, 0) is 4.79 Å². The second-order valence-corrected chi connectivity index (χ2v) is 4.96. The Morgan fingerprint density at radius 3 is 2.56 bits per heavy atom. The number of carbonyl (C=O) groups is 2. The number of nitrogens with zero attached hydrogens (tertiary/aromatic N) is 1. The first-order valence-corrected chi connectivity index (χ1v) is 6.41. The summed E-state index contributed by atoms with van der Waals surface area (Å²) >= 11 is 1.85. The van der Waals surface area contributed by atoms with Crippen molar-refractivity contribution in [3.63, 3.8) is 0 Å². The molecule has 0 spiro atoms. The quantitative estimate of drug-likeness (QED) is 0.834. The van der Waals surface area contributed by atoms with Crippen LogP contribution in [-0.4, -0.2) is 35.0 Å². The lowest BCUT2D eigenvalue weighted by atomic mass is 10.1. The summed E-state index contributed by atoms with van der Waals surface area (Å²) in [6.45, 7) is 1.69. The highest BCUT2D eigenvalue weighted by Gasteiger charge is 2.26. The predicted octanol–water partition coefficient (Wildman–Crippen LogP) is 2.37. The van der Waals surface area contributed by atoms with Crippen LogP contribution in [0, 0.1) is 9.39 Å². The van der Waals surface area contributed by atoms with Crippen molar-refractivity contribution in [2.45, 2.75) is 19.4 Å². The van der Waals surface area contributed by atoms with Crippen LogP contribution in [0.4, 0.5) is 4.39 Å². The molecule has 0 heterocycles. The minimum absolute atomic E-state index is 0.305. The average molecular weight is 365 g/mol. The van der Waals surface area contributed by atoms with Crippen LogP contribution in [0.5, 0.6) is 0 Å². The number of rotatable bonds is 4. The molecule has 1 amide bonds. The molecule has 1 aromatic carbocycles. The third-order valence-electron chi connectivity index (χ3n) is 2.62. The SMILES string of the molecule is CCC(C(=O)O)N(C)C(=O)c1ccc(F)cc1I. The molecule has 4 nitrogen and oxygen atoms in total. The number of hydrogen-bond donors (Lipinski definition) is 1. The van der Waals surface area contributed by atoms with Gasteiger partial charge >= 0.3 is 5.97 Å². The van der Waals surface area contributed by atoms with Crippen LogP contribution < -0.4 is 0 Å². The number of carboxylic acids is 1. The summed E-state index contributed by atoms with van der Waals surface area (Å²) in [6, 6.07) is 2.91. The molecule has 0 bridgehead atoms. The van der Waals surface area contributed by atoms with E-state index in [9.17, 15) is 14.0 Å². The summed E-state index contributed by atoms with van der Waals surface area (Å²) in [5.74, 6) is -1.90. The third-order valence-corrected chi connectivity index (χ3v) is 3.51. The molecule has 6 heteroatoms. The van der Waals surface area contributed by atoms with Gasteiger partial charge in [0.2, 0.25) is 0 Å². The normalized spacial score (nSPS) is 12.0. The van der Waals surface area contributed by atoms with Gasteiger partial charge in [0, 0.05) is 10.6 Å². The van der Waals surface area contributed by atoms with Gasteiger partial charge in [-0.05, 0) is 47.2 Å². The van der Waals surface area contributed by atoms with E-state index >= 15 is 0 Å². The fourth-order valence-corrected chi connectivity index (χ4v) is 2.32. The van der Waals surface area contributed by atoms with Gasteiger partial charge in [-0.1, -0.05) is 6.92 Å². The molecule has 1 aromatic rings. The van der Waals surface area contributed by atoms with Crippen molar-refractivity contribution in [1.82, 2.24) is 4.90 Å². The Kier molecular flexibility index (Phi) is 5.06. The molecule has 18 heavy (non-hydrogen) atoms. The lowest BCUT2D eigenvalue weighted by Crippen LogP contribution is -2.42. The van der Waals surface area contributed by atoms with E-state index in [1.165, 1.54) is 25.2 Å². The zero-order chi connectivity index (χ0) is 13.9. The van der Waals surface area contributed by atoms with Crippen molar-refractivity contribution in [1.29, 1.82) is 0 Å². The number of amides is 1.